The van der Waals surface area contributed by atoms with Crippen molar-refractivity contribution in [3.05, 3.63) is 42.7 Å². The highest BCUT2D eigenvalue weighted by Gasteiger charge is 2.15. The highest BCUT2D eigenvalue weighted by Crippen LogP contribution is 2.40. The molecule has 0 unspecified atom stereocenters. The van der Waals surface area contributed by atoms with Crippen molar-refractivity contribution in [1.29, 1.82) is 0 Å². The van der Waals surface area contributed by atoms with E-state index >= 15 is 0 Å². The lowest BCUT2D eigenvalue weighted by Gasteiger charge is -2.09. The maximum Gasteiger partial charge on any atom is 0.181 e. The van der Waals surface area contributed by atoms with Gasteiger partial charge in [0.25, 0.3) is 0 Å². The van der Waals surface area contributed by atoms with Crippen LogP contribution in [0, 0.1) is 0 Å². The Kier molecular flexibility index (Phi) is 3.93. The first-order valence-electron chi connectivity index (χ1n) is 6.62. The van der Waals surface area contributed by atoms with Crippen LogP contribution in [0.25, 0.3) is 21.7 Å². The Bertz CT molecular complexity index is 787. The molecule has 0 aliphatic carbocycles. The van der Waals surface area contributed by atoms with E-state index in [-0.39, 0.29) is 0 Å². The van der Waals surface area contributed by atoms with E-state index in [2.05, 4.69) is 9.97 Å². The minimum atomic E-state index is 0.517. The fraction of sp³-hybridized carbons (Fsp3) is 0.125. The molecular formula is C16H15N3O2S. The number of thiazole rings is 1. The molecule has 0 aliphatic rings. The molecule has 0 bridgehead atoms. The number of rotatable bonds is 4. The Labute approximate surface area is 132 Å². The predicted molar refractivity (Wildman–Crippen MR) is 88.3 cm³/mol. The summed E-state index contributed by atoms with van der Waals surface area (Å²) in [6, 6.07) is 9.60. The number of nitrogen functional groups attached to an aromatic ring is 1. The molecule has 2 aromatic heterocycles. The summed E-state index contributed by atoms with van der Waals surface area (Å²) in [5.74, 6) is 1.36. The zero-order chi connectivity index (χ0) is 15.5. The molecule has 22 heavy (non-hydrogen) atoms. The van der Waals surface area contributed by atoms with Crippen LogP contribution in [0.2, 0.25) is 0 Å². The maximum atomic E-state index is 5.91. The van der Waals surface area contributed by atoms with Gasteiger partial charge >= 0.3 is 0 Å². The van der Waals surface area contributed by atoms with Gasteiger partial charge in [-0.05, 0) is 35.9 Å². The van der Waals surface area contributed by atoms with Crippen LogP contribution in [0.4, 0.5) is 5.13 Å². The Morgan fingerprint density at radius 3 is 2.55 bits per heavy atom. The summed E-state index contributed by atoms with van der Waals surface area (Å²) >= 11 is 1.44. The number of pyridine rings is 1. The van der Waals surface area contributed by atoms with Gasteiger partial charge in [0.05, 0.1) is 24.8 Å². The number of benzene rings is 1. The third-order valence-electron chi connectivity index (χ3n) is 3.22. The standard InChI is InChI=1S/C16H15N3O2S/c1-20-12-6-5-10(8-13(12)21-2)15-14(19-16(17)22-15)11-4-3-7-18-9-11/h3-9H,1-2H3,(H2,17,19). The molecule has 0 amide bonds. The van der Waals surface area contributed by atoms with Gasteiger partial charge in [0.1, 0.15) is 0 Å². The number of nitrogens with zero attached hydrogens (tertiary/aromatic N) is 2. The van der Waals surface area contributed by atoms with Gasteiger partial charge in [-0.15, -0.1) is 0 Å². The summed E-state index contributed by atoms with van der Waals surface area (Å²) in [5, 5.41) is 0.517. The van der Waals surface area contributed by atoms with E-state index in [0.717, 1.165) is 21.7 Å². The van der Waals surface area contributed by atoms with E-state index in [1.54, 1.807) is 26.6 Å². The summed E-state index contributed by atoms with van der Waals surface area (Å²) in [4.78, 5) is 9.56. The maximum absolute atomic E-state index is 5.91. The molecule has 0 aliphatic heterocycles. The second kappa shape index (κ2) is 6.03. The quantitative estimate of drug-likeness (QED) is 0.798. The van der Waals surface area contributed by atoms with Gasteiger partial charge in [-0.3, -0.25) is 4.98 Å². The number of methoxy groups -OCH3 is 2. The lowest BCUT2D eigenvalue weighted by molar-refractivity contribution is 0.355. The van der Waals surface area contributed by atoms with Crippen LogP contribution >= 0.6 is 11.3 Å². The van der Waals surface area contributed by atoms with Crippen LogP contribution in [0.5, 0.6) is 11.5 Å². The smallest absolute Gasteiger partial charge is 0.181 e. The molecule has 112 valence electrons. The van der Waals surface area contributed by atoms with Gasteiger partial charge in [-0.2, -0.15) is 0 Å². The largest absolute Gasteiger partial charge is 0.493 e. The van der Waals surface area contributed by atoms with Crippen molar-refractivity contribution >= 4 is 16.5 Å². The van der Waals surface area contributed by atoms with Crippen molar-refractivity contribution < 1.29 is 9.47 Å². The number of hydrogen-bond acceptors (Lipinski definition) is 6. The van der Waals surface area contributed by atoms with Crippen LogP contribution in [0.15, 0.2) is 42.7 Å². The molecule has 2 N–H and O–H groups in total. The summed E-state index contributed by atoms with van der Waals surface area (Å²) in [6.07, 6.45) is 3.51. The average Bonchev–Trinajstić information content (AvgIpc) is 2.97. The number of aromatic nitrogens is 2. The first kappa shape index (κ1) is 14.3. The van der Waals surface area contributed by atoms with Crippen LogP contribution < -0.4 is 15.2 Å². The molecule has 0 fully saturated rings. The van der Waals surface area contributed by atoms with Crippen molar-refractivity contribution in [2.24, 2.45) is 0 Å². The van der Waals surface area contributed by atoms with Crippen LogP contribution in [-0.2, 0) is 0 Å². The van der Waals surface area contributed by atoms with Gasteiger partial charge in [-0.1, -0.05) is 11.3 Å². The molecule has 5 nitrogen and oxygen atoms in total. The zero-order valence-electron chi connectivity index (χ0n) is 12.2. The van der Waals surface area contributed by atoms with Crippen LogP contribution in [-0.4, -0.2) is 24.2 Å². The van der Waals surface area contributed by atoms with Gasteiger partial charge in [0.2, 0.25) is 0 Å². The topological polar surface area (TPSA) is 70.3 Å². The number of hydrogen-bond donors (Lipinski definition) is 1. The summed E-state index contributed by atoms with van der Waals surface area (Å²) in [5.41, 5.74) is 8.64. The summed E-state index contributed by atoms with van der Waals surface area (Å²) < 4.78 is 10.6. The summed E-state index contributed by atoms with van der Waals surface area (Å²) in [7, 11) is 3.23. The molecule has 1 aromatic carbocycles. The minimum absolute atomic E-state index is 0.517. The molecule has 3 aromatic rings. The van der Waals surface area contributed by atoms with Gasteiger partial charge in [-0.25, -0.2) is 4.98 Å². The average molecular weight is 313 g/mol. The van der Waals surface area contributed by atoms with E-state index in [1.807, 2.05) is 30.3 Å². The normalized spacial score (nSPS) is 10.5. The SMILES string of the molecule is COc1ccc(-c2sc(N)nc2-c2cccnc2)cc1OC. The molecule has 2 heterocycles. The third-order valence-corrected chi connectivity index (χ3v) is 4.16. The fourth-order valence-corrected chi connectivity index (χ4v) is 3.06. The van der Waals surface area contributed by atoms with E-state index in [0.29, 0.717) is 16.6 Å². The third kappa shape index (κ3) is 2.60. The van der Waals surface area contributed by atoms with Crippen molar-refractivity contribution in [3.63, 3.8) is 0 Å². The Morgan fingerprint density at radius 1 is 1.05 bits per heavy atom. The van der Waals surface area contributed by atoms with E-state index in [9.17, 15) is 0 Å². The number of ether oxygens (including phenoxy) is 2. The second-order valence-corrected chi connectivity index (χ2v) is 5.57. The van der Waals surface area contributed by atoms with Crippen molar-refractivity contribution in [3.8, 4) is 33.2 Å². The molecular weight excluding hydrogens is 298 g/mol. The molecule has 0 radical (unpaired) electrons. The minimum Gasteiger partial charge on any atom is -0.493 e. The number of anilines is 1. The molecule has 3 rings (SSSR count). The monoisotopic (exact) mass is 313 g/mol. The first-order valence-corrected chi connectivity index (χ1v) is 7.43. The van der Waals surface area contributed by atoms with Crippen molar-refractivity contribution in [2.75, 3.05) is 20.0 Å². The number of nitrogens with two attached hydrogens (primary N) is 1. The lowest BCUT2D eigenvalue weighted by atomic mass is 10.1. The first-order chi connectivity index (χ1) is 10.7. The Hall–Kier alpha value is -2.60. The van der Waals surface area contributed by atoms with Crippen LogP contribution in [0.3, 0.4) is 0 Å². The summed E-state index contributed by atoms with van der Waals surface area (Å²) in [6.45, 7) is 0. The molecule has 0 spiro atoms. The van der Waals surface area contributed by atoms with E-state index in [1.165, 1.54) is 11.3 Å². The molecule has 6 heteroatoms. The van der Waals surface area contributed by atoms with Crippen molar-refractivity contribution in [1.82, 2.24) is 9.97 Å². The van der Waals surface area contributed by atoms with Gasteiger partial charge in [0.15, 0.2) is 16.6 Å². The zero-order valence-corrected chi connectivity index (χ0v) is 13.1. The van der Waals surface area contributed by atoms with Gasteiger partial charge < -0.3 is 15.2 Å². The van der Waals surface area contributed by atoms with E-state index in [4.69, 9.17) is 15.2 Å². The predicted octanol–water partition coefficient (Wildman–Crippen LogP) is 3.47. The second-order valence-electron chi connectivity index (χ2n) is 4.54. The fourth-order valence-electron chi connectivity index (χ4n) is 2.21. The highest BCUT2D eigenvalue weighted by atomic mass is 32.1. The Balaban J connectivity index is 2.13. The molecule has 0 saturated carbocycles. The van der Waals surface area contributed by atoms with Crippen molar-refractivity contribution in [2.45, 2.75) is 0 Å². The van der Waals surface area contributed by atoms with E-state index < -0.39 is 0 Å². The van der Waals surface area contributed by atoms with Gasteiger partial charge in [0, 0.05) is 18.0 Å². The molecule has 0 saturated heterocycles. The highest BCUT2D eigenvalue weighted by molar-refractivity contribution is 7.19. The Morgan fingerprint density at radius 2 is 1.86 bits per heavy atom. The van der Waals surface area contributed by atoms with Crippen LogP contribution in [0.1, 0.15) is 0 Å². The lowest BCUT2D eigenvalue weighted by Crippen LogP contribution is -1.91. The molecule has 0 atom stereocenters.